The molecule has 29 heavy (non-hydrogen) atoms. The van der Waals surface area contributed by atoms with E-state index in [1.807, 2.05) is 0 Å². The predicted octanol–water partition coefficient (Wildman–Crippen LogP) is 4.25. The van der Waals surface area contributed by atoms with Crippen LogP contribution < -0.4 is 0 Å². The summed E-state index contributed by atoms with van der Waals surface area (Å²) in [5, 5.41) is 0. The Hall–Kier alpha value is -2.58. The molecule has 1 aromatic rings. The van der Waals surface area contributed by atoms with Crippen molar-refractivity contribution in [3.63, 3.8) is 0 Å². The molecule has 2 atom stereocenters. The number of carbonyl (C=O) groups excluding carboxylic acids is 3. The Balaban J connectivity index is 2.59. The smallest absolute Gasteiger partial charge is 0.414 e. The topological polar surface area (TPSA) is 82.8 Å². The molecule has 0 bridgehead atoms. The van der Waals surface area contributed by atoms with Crippen LogP contribution >= 0.6 is 0 Å². The number of ether oxygens (including phenoxy) is 2. The minimum absolute atomic E-state index is 0.353. The van der Waals surface area contributed by atoms with Crippen LogP contribution in [0.15, 0.2) is 34.0 Å². The number of Topliss-reactive ketones (excluding diaryl/α,β-unsaturated/α-hetero) is 1. The number of rotatable bonds is 4. The van der Waals surface area contributed by atoms with Crippen LogP contribution in [0.25, 0.3) is 0 Å². The molecule has 1 aliphatic carbocycles. The fourth-order valence-corrected chi connectivity index (χ4v) is 2.94. The maximum Gasteiger partial charge on any atom is 0.414 e. The molecule has 0 saturated carbocycles. The van der Waals surface area contributed by atoms with E-state index in [0.717, 1.165) is 6.26 Å². The number of ketones is 1. The van der Waals surface area contributed by atoms with Gasteiger partial charge in [-0.05, 0) is 53.7 Å². The van der Waals surface area contributed by atoms with Crippen molar-refractivity contribution in [1.82, 2.24) is 0 Å². The molecule has 0 saturated heterocycles. The van der Waals surface area contributed by atoms with Crippen LogP contribution in [-0.2, 0) is 19.1 Å². The number of halogens is 3. The number of alkyl halides is 3. The number of esters is 2. The van der Waals surface area contributed by atoms with E-state index >= 15 is 0 Å². The summed E-state index contributed by atoms with van der Waals surface area (Å²) in [6.45, 7) is 9.00. The van der Waals surface area contributed by atoms with Crippen molar-refractivity contribution in [3.8, 4) is 0 Å². The molecule has 1 aliphatic rings. The summed E-state index contributed by atoms with van der Waals surface area (Å²) >= 11 is 0. The highest BCUT2D eigenvalue weighted by molar-refractivity contribution is 6.09. The molecule has 0 unspecified atom stereocenters. The first-order valence-corrected chi connectivity index (χ1v) is 8.88. The van der Waals surface area contributed by atoms with Gasteiger partial charge in [-0.1, -0.05) is 0 Å². The van der Waals surface area contributed by atoms with Gasteiger partial charge >= 0.3 is 18.1 Å². The minimum Gasteiger partial charge on any atom is -0.461 e. The van der Waals surface area contributed by atoms with Crippen LogP contribution in [0.2, 0.25) is 0 Å². The van der Waals surface area contributed by atoms with Gasteiger partial charge in [0.05, 0.1) is 23.3 Å². The Kier molecular flexibility index (Phi) is 5.75. The van der Waals surface area contributed by atoms with Crippen LogP contribution in [0.3, 0.4) is 0 Å². The second-order valence-corrected chi connectivity index (χ2v) is 8.66. The average Bonchev–Trinajstić information content (AvgIpc) is 2.93. The van der Waals surface area contributed by atoms with Gasteiger partial charge < -0.3 is 13.9 Å². The van der Waals surface area contributed by atoms with Crippen molar-refractivity contribution in [2.45, 2.75) is 58.9 Å². The van der Waals surface area contributed by atoms with E-state index in [-0.39, 0.29) is 5.76 Å². The minimum atomic E-state index is -5.03. The van der Waals surface area contributed by atoms with Gasteiger partial charge in [-0.2, -0.15) is 13.2 Å². The van der Waals surface area contributed by atoms with Crippen LogP contribution in [0, 0.1) is 11.8 Å². The number of carbonyl (C=O) groups is 3. The first-order chi connectivity index (χ1) is 13.0. The van der Waals surface area contributed by atoms with Gasteiger partial charge in [0.2, 0.25) is 5.78 Å². The fourth-order valence-electron chi connectivity index (χ4n) is 2.94. The summed E-state index contributed by atoms with van der Waals surface area (Å²) in [5.41, 5.74) is -4.46. The molecule has 0 fully saturated rings. The van der Waals surface area contributed by atoms with E-state index in [9.17, 15) is 27.6 Å². The van der Waals surface area contributed by atoms with Gasteiger partial charge in [0.15, 0.2) is 5.76 Å². The highest BCUT2D eigenvalue weighted by Gasteiger charge is 2.62. The first kappa shape index (κ1) is 22.7. The summed E-state index contributed by atoms with van der Waals surface area (Å²) in [5.74, 6) is -7.56. The molecule has 0 aromatic carbocycles. The lowest BCUT2D eigenvalue weighted by Crippen LogP contribution is -2.51. The maximum absolute atomic E-state index is 13.8. The van der Waals surface area contributed by atoms with Crippen LogP contribution in [0.4, 0.5) is 13.2 Å². The summed E-state index contributed by atoms with van der Waals surface area (Å²) < 4.78 is 56.5. The Morgan fingerprint density at radius 1 is 0.931 bits per heavy atom. The van der Waals surface area contributed by atoms with Gasteiger partial charge in [-0.15, -0.1) is 0 Å². The number of hydrogen-bond acceptors (Lipinski definition) is 6. The lowest BCUT2D eigenvalue weighted by Gasteiger charge is -2.40. The number of allylic oxidation sites excluding steroid dienone is 1. The van der Waals surface area contributed by atoms with Gasteiger partial charge in [0.25, 0.3) is 0 Å². The first-order valence-electron chi connectivity index (χ1n) is 8.88. The lowest BCUT2D eigenvalue weighted by molar-refractivity contribution is -0.168. The van der Waals surface area contributed by atoms with E-state index in [1.54, 1.807) is 0 Å². The Bertz CT molecular complexity index is 835. The molecule has 0 N–H and O–H groups in total. The summed E-state index contributed by atoms with van der Waals surface area (Å²) in [6, 6.07) is 2.52. The SMILES string of the molecule is CC(C)(C)OC(=O)C1=C(C(F)(F)F)[C@H](C(=O)c2ccco2)[C@H]1C(=O)OC(C)(C)C. The molecule has 0 aliphatic heterocycles. The van der Waals surface area contributed by atoms with Crippen molar-refractivity contribution in [2.75, 3.05) is 0 Å². The Morgan fingerprint density at radius 2 is 1.48 bits per heavy atom. The van der Waals surface area contributed by atoms with Crippen LogP contribution in [-0.4, -0.2) is 35.1 Å². The fraction of sp³-hybridized carbons (Fsp3) is 0.550. The van der Waals surface area contributed by atoms with E-state index < -0.39 is 58.1 Å². The predicted molar refractivity (Wildman–Crippen MR) is 94.8 cm³/mol. The standard InChI is InChI=1S/C20H23F3O6/c1-18(2,3)28-16(25)11-12(15(24)10-8-7-9-27-10)14(20(21,22)23)13(11)17(26)29-19(4,5)6/h7-9,11-12H,1-6H3/t11-,12-/m1/s1. The molecule has 6 nitrogen and oxygen atoms in total. The van der Waals surface area contributed by atoms with Gasteiger partial charge in [0.1, 0.15) is 17.1 Å². The molecule has 0 spiro atoms. The second-order valence-electron chi connectivity index (χ2n) is 8.66. The molecule has 160 valence electrons. The van der Waals surface area contributed by atoms with E-state index in [4.69, 9.17) is 13.9 Å². The van der Waals surface area contributed by atoms with Crippen molar-refractivity contribution in [1.29, 1.82) is 0 Å². The normalized spacial score (nSPS) is 20.2. The van der Waals surface area contributed by atoms with Crippen LogP contribution in [0.1, 0.15) is 52.1 Å². The Morgan fingerprint density at radius 3 is 1.90 bits per heavy atom. The van der Waals surface area contributed by atoms with E-state index in [0.29, 0.717) is 0 Å². The number of furan rings is 1. The number of hydrogen-bond donors (Lipinski definition) is 0. The second kappa shape index (κ2) is 7.35. The van der Waals surface area contributed by atoms with Gasteiger partial charge in [0, 0.05) is 0 Å². The average molecular weight is 416 g/mol. The summed E-state index contributed by atoms with van der Waals surface area (Å²) in [4.78, 5) is 37.9. The molecule has 0 amide bonds. The van der Waals surface area contributed by atoms with Crippen molar-refractivity contribution in [2.24, 2.45) is 11.8 Å². The molecule has 2 rings (SSSR count). The largest absolute Gasteiger partial charge is 0.461 e. The zero-order chi connectivity index (χ0) is 22.4. The quantitative estimate of drug-likeness (QED) is 0.539. The van der Waals surface area contributed by atoms with E-state index in [2.05, 4.69) is 0 Å². The van der Waals surface area contributed by atoms with Gasteiger partial charge in [-0.25, -0.2) is 4.79 Å². The van der Waals surface area contributed by atoms with Crippen molar-refractivity contribution in [3.05, 3.63) is 35.3 Å². The third-order valence-electron chi connectivity index (χ3n) is 3.88. The molecule has 0 radical (unpaired) electrons. The Labute approximate surface area is 166 Å². The molecule has 1 heterocycles. The molecule has 9 heteroatoms. The monoisotopic (exact) mass is 416 g/mol. The maximum atomic E-state index is 13.8. The van der Waals surface area contributed by atoms with Gasteiger partial charge in [-0.3, -0.25) is 9.59 Å². The summed E-state index contributed by atoms with van der Waals surface area (Å²) in [7, 11) is 0. The highest BCUT2D eigenvalue weighted by Crippen LogP contribution is 2.52. The highest BCUT2D eigenvalue weighted by atomic mass is 19.4. The molecular weight excluding hydrogens is 393 g/mol. The molecular formula is C20H23F3O6. The van der Waals surface area contributed by atoms with Crippen LogP contribution in [0.5, 0.6) is 0 Å². The lowest BCUT2D eigenvalue weighted by atomic mass is 9.64. The van der Waals surface area contributed by atoms with Crippen molar-refractivity contribution >= 4 is 17.7 Å². The zero-order valence-corrected chi connectivity index (χ0v) is 17.0. The third kappa shape index (κ3) is 5.07. The summed E-state index contributed by atoms with van der Waals surface area (Å²) in [6.07, 6.45) is -3.90. The third-order valence-corrected chi connectivity index (χ3v) is 3.88. The molecule has 1 aromatic heterocycles. The zero-order valence-electron chi connectivity index (χ0n) is 17.0. The van der Waals surface area contributed by atoms with E-state index in [1.165, 1.54) is 53.7 Å². The van der Waals surface area contributed by atoms with Crippen molar-refractivity contribution < 1.29 is 41.4 Å².